The molecule has 1 aliphatic carbocycles. The third kappa shape index (κ3) is 5.08. The molecule has 0 unspecified atom stereocenters. The Hall–Kier alpha value is -2.97. The number of alkyl halides is 3. The number of carbonyl (C=O) groups is 1. The maximum absolute atomic E-state index is 14.3. The first-order chi connectivity index (χ1) is 16.0. The van der Waals surface area contributed by atoms with Gasteiger partial charge in [0.2, 0.25) is 5.88 Å². The highest BCUT2D eigenvalue weighted by atomic mass is 35.5. The first kappa shape index (κ1) is 24.2. The molecule has 0 bridgehead atoms. The fourth-order valence-corrected chi connectivity index (χ4v) is 4.16. The molecule has 0 radical (unpaired) electrons. The molecule has 9 heteroatoms. The van der Waals surface area contributed by atoms with Gasteiger partial charge in [-0.25, -0.2) is 4.79 Å². The summed E-state index contributed by atoms with van der Waals surface area (Å²) in [6.45, 7) is 1.25. The van der Waals surface area contributed by atoms with Gasteiger partial charge in [-0.3, -0.25) is 0 Å². The summed E-state index contributed by atoms with van der Waals surface area (Å²) in [5.41, 5.74) is -0.711. The SMILES string of the molecule is Cc1c(-c2ccc(Cl)cc2)c(OC(=O)N(C)CC2(O)CC2)n(Cc2ccccc2)c1C(F)(F)F. The summed E-state index contributed by atoms with van der Waals surface area (Å²) in [7, 11) is 1.45. The summed E-state index contributed by atoms with van der Waals surface area (Å²) in [6.07, 6.45) is -4.43. The van der Waals surface area contributed by atoms with Gasteiger partial charge in [-0.15, -0.1) is 0 Å². The first-order valence-electron chi connectivity index (χ1n) is 10.7. The van der Waals surface area contributed by atoms with Crippen molar-refractivity contribution in [2.45, 2.75) is 38.1 Å². The average molecular weight is 493 g/mol. The molecule has 3 aromatic rings. The van der Waals surface area contributed by atoms with Gasteiger partial charge in [0, 0.05) is 17.6 Å². The van der Waals surface area contributed by atoms with Gasteiger partial charge < -0.3 is 19.3 Å². The number of aliphatic hydroxyl groups is 1. The Morgan fingerprint density at radius 1 is 1.15 bits per heavy atom. The smallest absolute Gasteiger partial charge is 0.392 e. The predicted octanol–water partition coefficient (Wildman–Crippen LogP) is 6.14. The van der Waals surface area contributed by atoms with Gasteiger partial charge in [0.15, 0.2) is 0 Å². The Morgan fingerprint density at radius 3 is 2.32 bits per heavy atom. The van der Waals surface area contributed by atoms with Crippen LogP contribution in [0.2, 0.25) is 5.02 Å². The van der Waals surface area contributed by atoms with Gasteiger partial charge in [0.05, 0.1) is 18.7 Å². The van der Waals surface area contributed by atoms with Crippen molar-refractivity contribution in [2.24, 2.45) is 0 Å². The normalized spacial score (nSPS) is 14.7. The van der Waals surface area contributed by atoms with Crippen molar-refractivity contribution >= 4 is 17.7 Å². The van der Waals surface area contributed by atoms with Crippen LogP contribution in [-0.4, -0.2) is 39.9 Å². The van der Waals surface area contributed by atoms with Crippen LogP contribution in [-0.2, 0) is 12.7 Å². The molecule has 4 rings (SSSR count). The standard InChI is InChI=1S/C25H24ClF3N2O3/c1-16-20(18-8-10-19(26)11-9-18)22(34-23(32)30(2)15-24(33)12-13-24)31(21(16)25(27,28)29)14-17-6-4-3-5-7-17/h3-11,33H,12-15H2,1-2H3. The van der Waals surface area contributed by atoms with Crippen molar-refractivity contribution in [1.82, 2.24) is 9.47 Å². The van der Waals surface area contributed by atoms with Crippen molar-refractivity contribution in [3.8, 4) is 17.0 Å². The van der Waals surface area contributed by atoms with Crippen LogP contribution in [0.1, 0.15) is 29.7 Å². The highest BCUT2D eigenvalue weighted by molar-refractivity contribution is 6.30. The molecule has 0 saturated heterocycles. The summed E-state index contributed by atoms with van der Waals surface area (Å²) in [5.74, 6) is -0.212. The molecule has 2 aromatic carbocycles. The van der Waals surface area contributed by atoms with Gasteiger partial charge in [0.25, 0.3) is 0 Å². The molecule has 1 N–H and O–H groups in total. The van der Waals surface area contributed by atoms with E-state index in [0.717, 1.165) is 4.57 Å². The average Bonchev–Trinajstić information content (AvgIpc) is 3.43. The summed E-state index contributed by atoms with van der Waals surface area (Å²) in [4.78, 5) is 14.1. The molecular weight excluding hydrogens is 469 g/mol. The molecule has 0 atom stereocenters. The Morgan fingerprint density at radius 2 is 1.76 bits per heavy atom. The Labute approximate surface area is 200 Å². The van der Waals surface area contributed by atoms with E-state index in [1.165, 1.54) is 18.9 Å². The number of carbonyl (C=O) groups excluding carboxylic acids is 1. The van der Waals surface area contributed by atoms with E-state index in [-0.39, 0.29) is 30.1 Å². The molecule has 1 saturated carbocycles. The maximum Gasteiger partial charge on any atom is 0.431 e. The number of aromatic nitrogens is 1. The minimum absolute atomic E-state index is 0.0343. The van der Waals surface area contributed by atoms with Gasteiger partial charge in [-0.05, 0) is 48.6 Å². The highest BCUT2D eigenvalue weighted by Gasteiger charge is 2.43. The number of hydrogen-bond acceptors (Lipinski definition) is 3. The zero-order valence-corrected chi connectivity index (χ0v) is 19.5. The van der Waals surface area contributed by atoms with Crippen LogP contribution in [0.4, 0.5) is 18.0 Å². The lowest BCUT2D eigenvalue weighted by atomic mass is 10.0. The monoisotopic (exact) mass is 492 g/mol. The molecule has 1 heterocycles. The number of likely N-dealkylation sites (N-methyl/N-ethyl adjacent to an activating group) is 1. The van der Waals surface area contributed by atoms with Crippen molar-refractivity contribution in [3.63, 3.8) is 0 Å². The van der Waals surface area contributed by atoms with E-state index < -0.39 is 23.6 Å². The molecule has 1 aromatic heterocycles. The lowest BCUT2D eigenvalue weighted by Gasteiger charge is -2.21. The third-order valence-electron chi connectivity index (χ3n) is 5.90. The van der Waals surface area contributed by atoms with Crippen LogP contribution < -0.4 is 4.74 Å². The summed E-state index contributed by atoms with van der Waals surface area (Å²) in [5, 5.41) is 10.6. The number of nitrogens with zero attached hydrogens (tertiary/aromatic N) is 2. The number of rotatable bonds is 6. The second kappa shape index (κ2) is 9.00. The van der Waals surface area contributed by atoms with Gasteiger partial charge in [0.1, 0.15) is 5.69 Å². The number of halogens is 4. The Kier molecular flexibility index (Phi) is 6.40. The van der Waals surface area contributed by atoms with E-state index in [1.54, 1.807) is 54.6 Å². The zero-order chi connectivity index (χ0) is 24.7. The van der Waals surface area contributed by atoms with Crippen LogP contribution in [0, 0.1) is 6.92 Å². The van der Waals surface area contributed by atoms with Gasteiger partial charge in [-0.1, -0.05) is 54.1 Å². The summed E-state index contributed by atoms with van der Waals surface area (Å²) < 4.78 is 49.5. The topological polar surface area (TPSA) is 54.7 Å². The predicted molar refractivity (Wildman–Crippen MR) is 123 cm³/mol. The Balaban J connectivity index is 1.85. The minimum atomic E-state index is -4.69. The van der Waals surface area contributed by atoms with Gasteiger partial charge >= 0.3 is 12.3 Å². The van der Waals surface area contributed by atoms with Crippen molar-refractivity contribution in [3.05, 3.63) is 76.4 Å². The lowest BCUT2D eigenvalue weighted by Crippen LogP contribution is -2.37. The number of benzene rings is 2. The highest BCUT2D eigenvalue weighted by Crippen LogP contribution is 2.45. The van der Waals surface area contributed by atoms with Crippen molar-refractivity contribution < 1.29 is 27.8 Å². The van der Waals surface area contributed by atoms with Gasteiger partial charge in [-0.2, -0.15) is 13.2 Å². The quantitative estimate of drug-likeness (QED) is 0.449. The van der Waals surface area contributed by atoms with E-state index in [2.05, 4.69) is 0 Å². The second-order valence-electron chi connectivity index (χ2n) is 8.68. The van der Waals surface area contributed by atoms with Crippen molar-refractivity contribution in [1.29, 1.82) is 0 Å². The largest absolute Gasteiger partial charge is 0.431 e. The molecule has 180 valence electrons. The molecular formula is C25H24ClF3N2O3. The molecule has 1 amide bonds. The van der Waals surface area contributed by atoms with E-state index in [1.807, 2.05) is 0 Å². The van der Waals surface area contributed by atoms with Crippen LogP contribution in [0.25, 0.3) is 11.1 Å². The van der Waals surface area contributed by atoms with E-state index in [4.69, 9.17) is 16.3 Å². The van der Waals surface area contributed by atoms with Crippen LogP contribution in [0.15, 0.2) is 54.6 Å². The molecule has 34 heavy (non-hydrogen) atoms. The number of amides is 1. The zero-order valence-electron chi connectivity index (χ0n) is 18.7. The van der Waals surface area contributed by atoms with Crippen LogP contribution in [0.3, 0.4) is 0 Å². The van der Waals surface area contributed by atoms with E-state index >= 15 is 0 Å². The molecule has 1 fully saturated rings. The van der Waals surface area contributed by atoms with Crippen LogP contribution >= 0.6 is 11.6 Å². The second-order valence-corrected chi connectivity index (χ2v) is 9.11. The molecule has 0 aliphatic heterocycles. The summed E-state index contributed by atoms with van der Waals surface area (Å²) in [6, 6.07) is 15.0. The Bertz CT molecular complexity index is 1190. The fraction of sp³-hybridized carbons (Fsp3) is 0.320. The minimum Gasteiger partial charge on any atom is -0.392 e. The molecule has 5 nitrogen and oxygen atoms in total. The molecule has 1 aliphatic rings. The number of ether oxygens (including phenoxy) is 1. The van der Waals surface area contributed by atoms with Crippen molar-refractivity contribution in [2.75, 3.05) is 13.6 Å². The van der Waals surface area contributed by atoms with Crippen LogP contribution in [0.5, 0.6) is 5.88 Å². The third-order valence-corrected chi connectivity index (χ3v) is 6.15. The fourth-order valence-electron chi connectivity index (χ4n) is 4.03. The van der Waals surface area contributed by atoms with E-state index in [0.29, 0.717) is 29.0 Å². The summed E-state index contributed by atoms with van der Waals surface area (Å²) >= 11 is 5.99. The van der Waals surface area contributed by atoms with E-state index in [9.17, 15) is 23.1 Å². The lowest BCUT2D eigenvalue weighted by molar-refractivity contribution is -0.144. The number of hydrogen-bond donors (Lipinski definition) is 1. The maximum atomic E-state index is 14.3. The molecule has 0 spiro atoms. The first-order valence-corrected chi connectivity index (χ1v) is 11.1.